The van der Waals surface area contributed by atoms with Gasteiger partial charge in [0.1, 0.15) is 5.60 Å². The van der Waals surface area contributed by atoms with Gasteiger partial charge in [-0.25, -0.2) is 0 Å². The number of hydrogen-bond donors (Lipinski definition) is 0. The molecule has 0 bridgehead atoms. The van der Waals surface area contributed by atoms with Crippen molar-refractivity contribution in [1.29, 1.82) is 0 Å². The zero-order valence-corrected chi connectivity index (χ0v) is 20.7. The highest BCUT2D eigenvalue weighted by atomic mass is 16.5. The van der Waals surface area contributed by atoms with Crippen molar-refractivity contribution < 1.29 is 4.74 Å². The van der Waals surface area contributed by atoms with Gasteiger partial charge in [-0.2, -0.15) is 0 Å². The summed E-state index contributed by atoms with van der Waals surface area (Å²) >= 11 is 0. The van der Waals surface area contributed by atoms with Gasteiger partial charge in [-0.3, -0.25) is 0 Å². The summed E-state index contributed by atoms with van der Waals surface area (Å²) in [6.45, 7) is 0. The maximum absolute atomic E-state index is 7.27. The van der Waals surface area contributed by atoms with Gasteiger partial charge in [0.2, 0.25) is 0 Å². The molecule has 5 rings (SSSR count). The first-order valence-electron chi connectivity index (χ1n) is 12.7. The highest BCUT2D eigenvalue weighted by molar-refractivity contribution is 5.54. The van der Waals surface area contributed by atoms with Crippen LogP contribution in [0.1, 0.15) is 27.8 Å². The molecule has 5 aromatic carbocycles. The lowest BCUT2D eigenvalue weighted by Crippen LogP contribution is -2.36. The van der Waals surface area contributed by atoms with E-state index in [-0.39, 0.29) is 6.10 Å². The number of benzene rings is 5. The lowest BCUT2D eigenvalue weighted by atomic mass is 9.80. The molecule has 0 aromatic heterocycles. The van der Waals surface area contributed by atoms with Crippen LogP contribution in [0, 0.1) is 0 Å². The van der Waals surface area contributed by atoms with Crippen molar-refractivity contribution in [3.63, 3.8) is 0 Å². The fourth-order valence-corrected chi connectivity index (χ4v) is 4.61. The standard InChI is InChI=1S/C36H30O/c1-6-16-30(17-7-1)26-28-35(29-27-31-18-8-2-9-19-31)37-36(32-20-10-3-11-21-32,33-22-12-4-13-23-33)34-24-14-5-15-25-34/h1-29,35H/b28-26+,29-27+. The van der Waals surface area contributed by atoms with Crippen LogP contribution in [0.25, 0.3) is 12.2 Å². The second-order valence-electron chi connectivity index (χ2n) is 8.90. The Labute approximate surface area is 220 Å². The van der Waals surface area contributed by atoms with Gasteiger partial charge in [-0.1, -0.05) is 176 Å². The van der Waals surface area contributed by atoms with E-state index in [9.17, 15) is 0 Å². The minimum atomic E-state index is -0.809. The summed E-state index contributed by atoms with van der Waals surface area (Å²) in [5.41, 5.74) is 4.70. The van der Waals surface area contributed by atoms with E-state index in [4.69, 9.17) is 4.74 Å². The van der Waals surface area contributed by atoms with Crippen LogP contribution in [0.5, 0.6) is 0 Å². The lowest BCUT2D eigenvalue weighted by Gasteiger charge is -2.38. The van der Waals surface area contributed by atoms with Crippen molar-refractivity contribution in [1.82, 2.24) is 0 Å². The molecule has 0 saturated heterocycles. The van der Waals surface area contributed by atoms with Gasteiger partial charge >= 0.3 is 0 Å². The Balaban J connectivity index is 1.66. The van der Waals surface area contributed by atoms with Crippen LogP contribution in [-0.4, -0.2) is 6.10 Å². The Morgan fingerprint density at radius 2 is 0.703 bits per heavy atom. The van der Waals surface area contributed by atoms with E-state index in [1.54, 1.807) is 0 Å². The predicted molar refractivity (Wildman–Crippen MR) is 155 cm³/mol. The van der Waals surface area contributed by atoms with Crippen LogP contribution in [-0.2, 0) is 10.3 Å². The van der Waals surface area contributed by atoms with Gasteiger partial charge < -0.3 is 4.74 Å². The molecule has 0 atom stereocenters. The SMILES string of the molecule is C(=C\C(/C=C/c1ccccc1)OC(c1ccccc1)(c1ccccc1)c1ccccc1)/c1ccccc1. The molecule has 0 N–H and O–H groups in total. The molecule has 0 unspecified atom stereocenters. The average Bonchev–Trinajstić information content (AvgIpc) is 2.99. The minimum absolute atomic E-state index is 0.305. The summed E-state index contributed by atoms with van der Waals surface area (Å²) in [6.07, 6.45) is 8.23. The van der Waals surface area contributed by atoms with E-state index in [1.807, 2.05) is 30.3 Å². The van der Waals surface area contributed by atoms with Gasteiger partial charge in [0.05, 0.1) is 6.10 Å². The second kappa shape index (κ2) is 12.0. The van der Waals surface area contributed by atoms with Crippen molar-refractivity contribution >= 4 is 12.2 Å². The molecule has 0 spiro atoms. The number of rotatable bonds is 9. The smallest absolute Gasteiger partial charge is 0.144 e. The van der Waals surface area contributed by atoms with E-state index in [0.29, 0.717) is 0 Å². The van der Waals surface area contributed by atoms with Gasteiger partial charge in [-0.15, -0.1) is 0 Å². The molecular formula is C36H30O. The van der Waals surface area contributed by atoms with E-state index < -0.39 is 5.60 Å². The molecule has 0 aliphatic rings. The monoisotopic (exact) mass is 478 g/mol. The maximum atomic E-state index is 7.27. The van der Waals surface area contributed by atoms with Crippen LogP contribution in [0.2, 0.25) is 0 Å². The molecule has 0 aliphatic carbocycles. The van der Waals surface area contributed by atoms with Crippen LogP contribution in [0.15, 0.2) is 164 Å². The molecule has 0 heterocycles. The van der Waals surface area contributed by atoms with E-state index in [2.05, 4.69) is 146 Å². The summed E-state index contributed by atoms with van der Waals surface area (Å²) < 4.78 is 7.27. The maximum Gasteiger partial charge on any atom is 0.144 e. The molecule has 0 radical (unpaired) electrons. The summed E-state index contributed by atoms with van der Waals surface area (Å²) in [7, 11) is 0. The summed E-state index contributed by atoms with van der Waals surface area (Å²) in [5, 5.41) is 0. The molecule has 5 aromatic rings. The van der Waals surface area contributed by atoms with Crippen LogP contribution >= 0.6 is 0 Å². The van der Waals surface area contributed by atoms with Crippen LogP contribution in [0.4, 0.5) is 0 Å². The number of hydrogen-bond acceptors (Lipinski definition) is 1. The van der Waals surface area contributed by atoms with Crippen LogP contribution in [0.3, 0.4) is 0 Å². The largest absolute Gasteiger partial charge is 0.349 e. The summed E-state index contributed by atoms with van der Waals surface area (Å²) in [4.78, 5) is 0. The van der Waals surface area contributed by atoms with Crippen molar-refractivity contribution in [2.45, 2.75) is 11.7 Å². The van der Waals surface area contributed by atoms with Gasteiger partial charge in [0, 0.05) is 0 Å². The third-order valence-corrected chi connectivity index (χ3v) is 6.41. The Morgan fingerprint density at radius 3 is 1.03 bits per heavy atom. The minimum Gasteiger partial charge on any atom is -0.349 e. The third kappa shape index (κ3) is 5.86. The first-order chi connectivity index (χ1) is 18.3. The molecule has 37 heavy (non-hydrogen) atoms. The van der Waals surface area contributed by atoms with Gasteiger partial charge in [-0.05, 0) is 27.8 Å². The van der Waals surface area contributed by atoms with Crippen molar-refractivity contribution in [3.8, 4) is 0 Å². The highest BCUT2D eigenvalue weighted by Gasteiger charge is 2.39. The van der Waals surface area contributed by atoms with Crippen molar-refractivity contribution in [2.75, 3.05) is 0 Å². The van der Waals surface area contributed by atoms with Crippen molar-refractivity contribution in [3.05, 3.63) is 192 Å². The van der Waals surface area contributed by atoms with Crippen LogP contribution < -0.4 is 0 Å². The summed E-state index contributed by atoms with van der Waals surface area (Å²) in [6, 6.07) is 52.2. The molecule has 1 nitrogen and oxygen atoms in total. The van der Waals surface area contributed by atoms with Gasteiger partial charge in [0.15, 0.2) is 0 Å². The highest BCUT2D eigenvalue weighted by Crippen LogP contribution is 2.41. The Kier molecular flexibility index (Phi) is 7.85. The summed E-state index contributed by atoms with van der Waals surface area (Å²) in [5.74, 6) is 0. The normalized spacial score (nSPS) is 11.9. The fourth-order valence-electron chi connectivity index (χ4n) is 4.61. The van der Waals surface area contributed by atoms with E-state index in [0.717, 1.165) is 27.8 Å². The first-order valence-corrected chi connectivity index (χ1v) is 12.7. The van der Waals surface area contributed by atoms with E-state index >= 15 is 0 Å². The topological polar surface area (TPSA) is 9.23 Å². The average molecular weight is 479 g/mol. The molecule has 0 amide bonds. The first kappa shape index (κ1) is 24.2. The zero-order chi connectivity index (χ0) is 25.2. The second-order valence-corrected chi connectivity index (χ2v) is 8.90. The molecule has 0 fully saturated rings. The molecular weight excluding hydrogens is 448 g/mol. The Hall–Kier alpha value is -4.46. The quantitative estimate of drug-likeness (QED) is 0.192. The molecule has 0 aliphatic heterocycles. The molecule has 180 valence electrons. The van der Waals surface area contributed by atoms with Crippen molar-refractivity contribution in [2.24, 2.45) is 0 Å². The Morgan fingerprint density at radius 1 is 0.405 bits per heavy atom. The lowest BCUT2D eigenvalue weighted by molar-refractivity contribution is -0.00242. The number of ether oxygens (including phenoxy) is 1. The Bertz CT molecular complexity index is 1260. The van der Waals surface area contributed by atoms with E-state index in [1.165, 1.54) is 0 Å². The zero-order valence-electron chi connectivity index (χ0n) is 20.7. The fraction of sp³-hybridized carbons (Fsp3) is 0.0556. The molecule has 1 heteroatoms. The predicted octanol–water partition coefficient (Wildman–Crippen LogP) is 8.79. The third-order valence-electron chi connectivity index (χ3n) is 6.41. The van der Waals surface area contributed by atoms with Gasteiger partial charge in [0.25, 0.3) is 0 Å². The molecule has 0 saturated carbocycles.